The molecule has 1 atom stereocenters. The minimum absolute atomic E-state index is 0.139. The van der Waals surface area contributed by atoms with E-state index in [0.29, 0.717) is 6.42 Å². The van der Waals surface area contributed by atoms with Gasteiger partial charge in [0.25, 0.3) is 0 Å². The van der Waals surface area contributed by atoms with Crippen molar-refractivity contribution >= 4 is 37.8 Å². The van der Waals surface area contributed by atoms with E-state index in [1.807, 2.05) is 13.8 Å². The van der Waals surface area contributed by atoms with Gasteiger partial charge in [-0.3, -0.25) is 4.79 Å². The second-order valence-corrected chi connectivity index (χ2v) is 4.81. The van der Waals surface area contributed by atoms with Crippen molar-refractivity contribution < 1.29 is 9.53 Å². The van der Waals surface area contributed by atoms with Gasteiger partial charge < -0.3 is 4.74 Å². The summed E-state index contributed by atoms with van der Waals surface area (Å²) in [6.45, 7) is 5.57. The molecule has 0 aliphatic rings. The highest BCUT2D eigenvalue weighted by atomic mass is 79.9. The Morgan fingerprint density at radius 1 is 1.58 bits per heavy atom. The Hall–Kier alpha value is 0.430. The Bertz CT molecular complexity index is 157. The first-order valence-electron chi connectivity index (χ1n) is 3.86. The van der Waals surface area contributed by atoms with Crippen LogP contribution in [0.15, 0.2) is 0 Å². The van der Waals surface area contributed by atoms with Gasteiger partial charge in [0.15, 0.2) is 0 Å². The maximum Gasteiger partial charge on any atom is 0.306 e. The van der Waals surface area contributed by atoms with Crippen LogP contribution in [0.2, 0.25) is 0 Å². The molecule has 0 saturated carbocycles. The van der Waals surface area contributed by atoms with Crippen molar-refractivity contribution in [2.75, 3.05) is 5.33 Å². The van der Waals surface area contributed by atoms with Crippen molar-refractivity contribution in [1.29, 1.82) is 0 Å². The maximum atomic E-state index is 11.0. The van der Waals surface area contributed by atoms with E-state index in [0.717, 1.165) is 5.33 Å². The van der Waals surface area contributed by atoms with Gasteiger partial charge in [0, 0.05) is 11.8 Å². The number of hydrogen-bond acceptors (Lipinski definition) is 2. The third kappa shape index (κ3) is 3.90. The Morgan fingerprint density at radius 2 is 2.08 bits per heavy atom. The Balaban J connectivity index is 4.11. The number of alkyl halides is 2. The summed E-state index contributed by atoms with van der Waals surface area (Å²) >= 11 is 6.76. The summed E-state index contributed by atoms with van der Waals surface area (Å²) in [6.07, 6.45) is 0.422. The molecule has 0 heterocycles. The molecule has 0 N–H and O–H groups in total. The third-order valence-corrected chi connectivity index (χ3v) is 4.50. The highest BCUT2D eigenvalue weighted by molar-refractivity contribution is 9.12. The number of carbonyl (C=O) groups excluding carboxylic acids is 1. The molecule has 4 heteroatoms. The first-order chi connectivity index (χ1) is 5.44. The highest BCUT2D eigenvalue weighted by Gasteiger charge is 2.30. The lowest BCUT2D eigenvalue weighted by molar-refractivity contribution is -0.155. The quantitative estimate of drug-likeness (QED) is 0.589. The topological polar surface area (TPSA) is 26.3 Å². The van der Waals surface area contributed by atoms with Gasteiger partial charge in [-0.25, -0.2) is 0 Å². The smallest absolute Gasteiger partial charge is 0.306 e. The number of esters is 1. The van der Waals surface area contributed by atoms with Crippen LogP contribution in [0.1, 0.15) is 27.2 Å². The molecule has 0 aromatic carbocycles. The van der Waals surface area contributed by atoms with Crippen molar-refractivity contribution in [3.8, 4) is 0 Å². The van der Waals surface area contributed by atoms with Gasteiger partial charge in [-0.05, 0) is 13.8 Å². The van der Waals surface area contributed by atoms with Crippen LogP contribution in [0, 0.1) is 0 Å². The first kappa shape index (κ1) is 12.4. The third-order valence-electron chi connectivity index (χ3n) is 1.56. The van der Waals surface area contributed by atoms with E-state index >= 15 is 0 Å². The minimum Gasteiger partial charge on any atom is -0.458 e. The first-order valence-corrected chi connectivity index (χ1v) is 5.89. The number of hydrogen-bond donors (Lipinski definition) is 0. The molecule has 0 rings (SSSR count). The van der Waals surface area contributed by atoms with Crippen LogP contribution in [-0.2, 0) is 9.53 Å². The molecule has 0 aliphatic carbocycles. The summed E-state index contributed by atoms with van der Waals surface area (Å²) in [6, 6.07) is 0. The van der Waals surface area contributed by atoms with E-state index < -0.39 is 5.60 Å². The fraction of sp³-hybridized carbons (Fsp3) is 0.875. The monoisotopic (exact) mass is 300 g/mol. The standard InChI is InChI=1S/C8H14Br2O2/c1-4-7(11)12-8(2,3)6(10)5-9/h6H,4-5H2,1-3H3. The lowest BCUT2D eigenvalue weighted by Gasteiger charge is -2.28. The second kappa shape index (κ2) is 5.22. The molecule has 72 valence electrons. The number of carbonyl (C=O) groups is 1. The molecule has 0 aromatic rings. The molecule has 0 spiro atoms. The van der Waals surface area contributed by atoms with Gasteiger partial charge in [-0.15, -0.1) is 0 Å². The second-order valence-electron chi connectivity index (χ2n) is 3.05. The number of halogens is 2. The fourth-order valence-corrected chi connectivity index (χ4v) is 1.49. The lowest BCUT2D eigenvalue weighted by Crippen LogP contribution is -2.38. The molecule has 0 fully saturated rings. The molecule has 1 unspecified atom stereocenters. The van der Waals surface area contributed by atoms with Crippen LogP contribution in [0.25, 0.3) is 0 Å². The predicted molar refractivity (Wildman–Crippen MR) is 57.0 cm³/mol. The summed E-state index contributed by atoms with van der Waals surface area (Å²) in [5.41, 5.74) is -0.448. The SMILES string of the molecule is CCC(=O)OC(C)(C)C(Br)CBr. The van der Waals surface area contributed by atoms with E-state index in [2.05, 4.69) is 31.9 Å². The number of ether oxygens (including phenoxy) is 1. The van der Waals surface area contributed by atoms with Crippen LogP contribution in [-0.4, -0.2) is 21.7 Å². The molecule has 0 amide bonds. The Kier molecular flexibility index (Phi) is 5.41. The van der Waals surface area contributed by atoms with Crippen molar-refractivity contribution in [2.24, 2.45) is 0 Å². The molecule has 12 heavy (non-hydrogen) atoms. The molecule has 0 saturated heterocycles. The van der Waals surface area contributed by atoms with Gasteiger partial charge in [-0.1, -0.05) is 38.8 Å². The van der Waals surface area contributed by atoms with Crippen molar-refractivity contribution in [3.05, 3.63) is 0 Å². The van der Waals surface area contributed by atoms with Gasteiger partial charge in [0.05, 0.1) is 4.83 Å². The van der Waals surface area contributed by atoms with Crippen molar-refractivity contribution in [1.82, 2.24) is 0 Å². The Morgan fingerprint density at radius 3 is 2.42 bits per heavy atom. The summed E-state index contributed by atoms with van der Waals surface area (Å²) in [5.74, 6) is -0.162. The molecule has 0 aromatic heterocycles. The predicted octanol–water partition coefficient (Wildman–Crippen LogP) is 2.88. The Labute approximate surface area is 90.3 Å². The van der Waals surface area contributed by atoms with Crippen LogP contribution in [0.3, 0.4) is 0 Å². The normalized spacial score (nSPS) is 14.1. The minimum atomic E-state index is -0.448. The zero-order chi connectivity index (χ0) is 9.78. The zero-order valence-corrected chi connectivity index (χ0v) is 10.7. The average molecular weight is 302 g/mol. The molecule has 0 aliphatic heterocycles. The summed E-state index contributed by atoms with van der Waals surface area (Å²) < 4.78 is 5.22. The van der Waals surface area contributed by atoms with Gasteiger partial charge in [0.2, 0.25) is 0 Å². The molecule has 2 nitrogen and oxygen atoms in total. The molecular weight excluding hydrogens is 288 g/mol. The van der Waals surface area contributed by atoms with E-state index in [-0.39, 0.29) is 10.8 Å². The summed E-state index contributed by atoms with van der Waals surface area (Å²) in [4.78, 5) is 11.1. The van der Waals surface area contributed by atoms with E-state index in [1.165, 1.54) is 0 Å². The van der Waals surface area contributed by atoms with Crippen molar-refractivity contribution in [2.45, 2.75) is 37.6 Å². The van der Waals surface area contributed by atoms with Crippen LogP contribution in [0.4, 0.5) is 0 Å². The lowest BCUT2D eigenvalue weighted by atomic mass is 10.1. The zero-order valence-electron chi connectivity index (χ0n) is 7.56. The van der Waals surface area contributed by atoms with Gasteiger partial charge in [-0.2, -0.15) is 0 Å². The van der Waals surface area contributed by atoms with Crippen LogP contribution >= 0.6 is 31.9 Å². The summed E-state index contributed by atoms with van der Waals surface area (Å²) in [7, 11) is 0. The number of rotatable bonds is 4. The fourth-order valence-electron chi connectivity index (χ4n) is 0.615. The van der Waals surface area contributed by atoms with Crippen LogP contribution in [0.5, 0.6) is 0 Å². The maximum absolute atomic E-state index is 11.0. The summed E-state index contributed by atoms with van der Waals surface area (Å²) in [5, 5.41) is 0.761. The molecule has 0 radical (unpaired) electrons. The van der Waals surface area contributed by atoms with Crippen LogP contribution < -0.4 is 0 Å². The van der Waals surface area contributed by atoms with Gasteiger partial charge >= 0.3 is 5.97 Å². The highest BCUT2D eigenvalue weighted by Crippen LogP contribution is 2.24. The average Bonchev–Trinajstić information content (AvgIpc) is 2.02. The van der Waals surface area contributed by atoms with Gasteiger partial charge in [0.1, 0.15) is 5.60 Å². The van der Waals surface area contributed by atoms with E-state index in [1.54, 1.807) is 6.92 Å². The van der Waals surface area contributed by atoms with E-state index in [9.17, 15) is 4.79 Å². The van der Waals surface area contributed by atoms with Crippen molar-refractivity contribution in [3.63, 3.8) is 0 Å². The largest absolute Gasteiger partial charge is 0.458 e. The van der Waals surface area contributed by atoms with E-state index in [4.69, 9.17) is 4.74 Å². The molecular formula is C8H14Br2O2. The molecule has 0 bridgehead atoms.